The highest BCUT2D eigenvalue weighted by Gasteiger charge is 2.40. The topological polar surface area (TPSA) is 79.2 Å². The molecule has 148 valence electrons. The van der Waals surface area contributed by atoms with Gasteiger partial charge >= 0.3 is 5.97 Å². The highest BCUT2D eigenvalue weighted by Crippen LogP contribution is 2.37. The SMILES string of the molecule is COc1ccc(C2=NN(c3ccc(C(=O)O)cc3)C(=O)C3CC=CCC23)cc1Cl. The van der Waals surface area contributed by atoms with Crippen LogP contribution in [0.5, 0.6) is 5.75 Å². The van der Waals surface area contributed by atoms with Crippen molar-refractivity contribution >= 4 is 34.9 Å². The molecule has 2 aromatic carbocycles. The molecule has 2 aromatic rings. The quantitative estimate of drug-likeness (QED) is 0.758. The Labute approximate surface area is 173 Å². The fourth-order valence-corrected chi connectivity index (χ4v) is 4.06. The molecule has 29 heavy (non-hydrogen) atoms. The van der Waals surface area contributed by atoms with Gasteiger partial charge in [-0.1, -0.05) is 23.8 Å². The Morgan fingerprint density at radius 1 is 1.14 bits per heavy atom. The summed E-state index contributed by atoms with van der Waals surface area (Å²) in [7, 11) is 1.56. The molecule has 0 saturated heterocycles. The van der Waals surface area contributed by atoms with E-state index in [2.05, 4.69) is 11.2 Å². The smallest absolute Gasteiger partial charge is 0.335 e. The van der Waals surface area contributed by atoms with Gasteiger partial charge in [0.2, 0.25) is 0 Å². The maximum Gasteiger partial charge on any atom is 0.335 e. The summed E-state index contributed by atoms with van der Waals surface area (Å²) in [5.41, 5.74) is 2.31. The normalized spacial score (nSPS) is 20.8. The molecule has 0 bridgehead atoms. The van der Waals surface area contributed by atoms with Crippen molar-refractivity contribution in [3.8, 4) is 5.75 Å². The zero-order chi connectivity index (χ0) is 20.5. The van der Waals surface area contributed by atoms with Crippen molar-refractivity contribution in [3.05, 3.63) is 70.8 Å². The number of carbonyl (C=O) groups excluding carboxylic acids is 1. The lowest BCUT2D eigenvalue weighted by Crippen LogP contribution is -2.45. The van der Waals surface area contributed by atoms with Crippen LogP contribution in [0.25, 0.3) is 0 Å². The number of amides is 1. The molecule has 0 aromatic heterocycles. The summed E-state index contributed by atoms with van der Waals surface area (Å²) in [6.45, 7) is 0. The number of carboxylic acids is 1. The van der Waals surface area contributed by atoms with Gasteiger partial charge in [0.25, 0.3) is 5.91 Å². The van der Waals surface area contributed by atoms with Crippen molar-refractivity contribution in [2.24, 2.45) is 16.9 Å². The molecule has 1 aliphatic heterocycles. The Balaban J connectivity index is 1.79. The van der Waals surface area contributed by atoms with Crippen molar-refractivity contribution < 1.29 is 19.4 Å². The van der Waals surface area contributed by atoms with Crippen LogP contribution in [0.15, 0.2) is 59.7 Å². The predicted molar refractivity (Wildman–Crippen MR) is 111 cm³/mol. The van der Waals surface area contributed by atoms with Gasteiger partial charge in [0.05, 0.1) is 35.0 Å². The van der Waals surface area contributed by atoms with E-state index in [-0.39, 0.29) is 23.3 Å². The number of carbonyl (C=O) groups is 2. The number of benzene rings is 2. The standard InChI is InChI=1S/C22H19ClN2O4/c1-29-19-11-8-14(12-18(19)23)20-16-4-2-3-5-17(16)21(26)25(24-20)15-9-6-13(7-10-15)22(27)28/h2-3,6-12,16-17H,4-5H2,1H3,(H,27,28). The van der Waals surface area contributed by atoms with E-state index < -0.39 is 5.97 Å². The summed E-state index contributed by atoms with van der Waals surface area (Å²) < 4.78 is 5.24. The van der Waals surface area contributed by atoms with Crippen molar-refractivity contribution in [3.63, 3.8) is 0 Å². The van der Waals surface area contributed by atoms with Gasteiger partial charge in [-0.25, -0.2) is 9.80 Å². The first-order chi connectivity index (χ1) is 14.0. The van der Waals surface area contributed by atoms with Gasteiger partial charge in [-0.15, -0.1) is 0 Å². The van der Waals surface area contributed by atoms with Crippen molar-refractivity contribution in [2.75, 3.05) is 12.1 Å². The number of hydrogen-bond donors (Lipinski definition) is 1. The molecule has 1 amide bonds. The number of aromatic carboxylic acids is 1. The summed E-state index contributed by atoms with van der Waals surface area (Å²) in [6.07, 6.45) is 5.46. The third kappa shape index (κ3) is 3.51. The van der Waals surface area contributed by atoms with Crippen LogP contribution in [-0.2, 0) is 4.79 Å². The summed E-state index contributed by atoms with van der Waals surface area (Å²) >= 11 is 6.32. The van der Waals surface area contributed by atoms with Crippen molar-refractivity contribution in [2.45, 2.75) is 12.8 Å². The van der Waals surface area contributed by atoms with E-state index in [1.54, 1.807) is 31.4 Å². The molecule has 7 heteroatoms. The van der Waals surface area contributed by atoms with E-state index in [0.717, 1.165) is 17.7 Å². The van der Waals surface area contributed by atoms with Crippen LogP contribution >= 0.6 is 11.6 Å². The molecule has 0 spiro atoms. The van der Waals surface area contributed by atoms with Gasteiger partial charge in [-0.05, 0) is 60.9 Å². The second kappa shape index (κ2) is 7.72. The number of anilines is 1. The van der Waals surface area contributed by atoms with Crippen LogP contribution in [-0.4, -0.2) is 29.8 Å². The number of hydrogen-bond acceptors (Lipinski definition) is 4. The predicted octanol–water partition coefficient (Wildman–Crippen LogP) is 4.38. The molecule has 2 unspecified atom stereocenters. The molecule has 0 radical (unpaired) electrons. The lowest BCUT2D eigenvalue weighted by atomic mass is 9.76. The fourth-order valence-electron chi connectivity index (χ4n) is 3.81. The molecular formula is C22H19ClN2O4. The molecule has 2 aliphatic rings. The summed E-state index contributed by atoms with van der Waals surface area (Å²) in [4.78, 5) is 24.3. The van der Waals surface area contributed by atoms with Crippen LogP contribution in [0.1, 0.15) is 28.8 Å². The van der Waals surface area contributed by atoms with Gasteiger partial charge < -0.3 is 9.84 Å². The highest BCUT2D eigenvalue weighted by atomic mass is 35.5. The monoisotopic (exact) mass is 410 g/mol. The second-order valence-electron chi connectivity index (χ2n) is 6.99. The fraction of sp³-hybridized carbons (Fsp3) is 0.227. The number of ether oxygens (including phenoxy) is 1. The van der Waals surface area contributed by atoms with Crippen LogP contribution in [0.4, 0.5) is 5.69 Å². The molecule has 1 heterocycles. The first kappa shape index (κ1) is 19.2. The minimum Gasteiger partial charge on any atom is -0.495 e. The van der Waals surface area contributed by atoms with Gasteiger partial charge in [0, 0.05) is 5.92 Å². The van der Waals surface area contributed by atoms with Gasteiger partial charge in [0.15, 0.2) is 0 Å². The van der Waals surface area contributed by atoms with Crippen LogP contribution in [0, 0.1) is 11.8 Å². The van der Waals surface area contributed by atoms with E-state index in [1.165, 1.54) is 17.1 Å². The molecular weight excluding hydrogens is 392 g/mol. The molecule has 2 atom stereocenters. The van der Waals surface area contributed by atoms with Crippen molar-refractivity contribution in [1.29, 1.82) is 0 Å². The Kier molecular flexibility index (Phi) is 5.11. The number of rotatable bonds is 4. The molecule has 0 saturated carbocycles. The average Bonchev–Trinajstić information content (AvgIpc) is 2.74. The number of hydrazone groups is 1. The summed E-state index contributed by atoms with van der Waals surface area (Å²) in [6, 6.07) is 11.6. The maximum atomic E-state index is 13.1. The van der Waals surface area contributed by atoms with Crippen molar-refractivity contribution in [1.82, 2.24) is 0 Å². The number of carboxylic acid groups (broad SMARTS) is 1. The van der Waals surface area contributed by atoms with Crippen LogP contribution in [0.2, 0.25) is 5.02 Å². The Bertz CT molecular complexity index is 1030. The molecule has 1 aliphatic carbocycles. The van der Waals surface area contributed by atoms with Gasteiger partial charge in [0.1, 0.15) is 5.75 Å². The Morgan fingerprint density at radius 2 is 1.83 bits per heavy atom. The molecule has 6 nitrogen and oxygen atoms in total. The highest BCUT2D eigenvalue weighted by molar-refractivity contribution is 6.32. The van der Waals surface area contributed by atoms with E-state index in [4.69, 9.17) is 21.4 Å². The third-order valence-electron chi connectivity index (χ3n) is 5.32. The minimum atomic E-state index is -1.02. The largest absolute Gasteiger partial charge is 0.495 e. The lowest BCUT2D eigenvalue weighted by Gasteiger charge is -2.37. The average molecular weight is 411 g/mol. The van der Waals surface area contributed by atoms with E-state index in [0.29, 0.717) is 22.9 Å². The first-order valence-electron chi connectivity index (χ1n) is 9.24. The number of nitrogens with zero attached hydrogens (tertiary/aromatic N) is 2. The number of halogens is 1. The van der Waals surface area contributed by atoms with E-state index in [1.807, 2.05) is 12.1 Å². The van der Waals surface area contributed by atoms with Crippen LogP contribution < -0.4 is 9.75 Å². The lowest BCUT2D eigenvalue weighted by molar-refractivity contribution is -0.123. The zero-order valence-electron chi connectivity index (χ0n) is 15.7. The third-order valence-corrected chi connectivity index (χ3v) is 5.62. The van der Waals surface area contributed by atoms with Crippen LogP contribution in [0.3, 0.4) is 0 Å². The number of fused-ring (bicyclic) bond motifs is 1. The number of allylic oxidation sites excluding steroid dienone is 2. The second-order valence-corrected chi connectivity index (χ2v) is 7.40. The van der Waals surface area contributed by atoms with Gasteiger partial charge in [-0.2, -0.15) is 5.10 Å². The molecule has 4 rings (SSSR count). The molecule has 0 fully saturated rings. The first-order valence-corrected chi connectivity index (χ1v) is 9.62. The summed E-state index contributed by atoms with van der Waals surface area (Å²) in [5, 5.41) is 15.6. The summed E-state index contributed by atoms with van der Waals surface area (Å²) in [5.74, 6) is -0.801. The minimum absolute atomic E-state index is 0.0356. The van der Waals surface area contributed by atoms with E-state index in [9.17, 15) is 9.59 Å². The maximum absolute atomic E-state index is 13.1. The Hall–Kier alpha value is -3.12. The zero-order valence-corrected chi connectivity index (χ0v) is 16.5. The van der Waals surface area contributed by atoms with E-state index >= 15 is 0 Å². The van der Waals surface area contributed by atoms with Gasteiger partial charge in [-0.3, -0.25) is 4.79 Å². The molecule has 1 N–H and O–H groups in total. The number of methoxy groups -OCH3 is 1. The Morgan fingerprint density at radius 3 is 2.45 bits per heavy atom.